The molecule has 1 aromatic heterocycles. The van der Waals surface area contributed by atoms with Gasteiger partial charge in [-0.15, -0.1) is 0 Å². The predicted molar refractivity (Wildman–Crippen MR) is 111 cm³/mol. The number of rotatable bonds is 3. The smallest absolute Gasteiger partial charge is 0.334 e. The number of fused-ring (bicyclic) bond motifs is 1. The van der Waals surface area contributed by atoms with Gasteiger partial charge in [0.05, 0.1) is 5.56 Å². The molecule has 1 aliphatic heterocycles. The topological polar surface area (TPSA) is 51.0 Å². The van der Waals surface area contributed by atoms with Gasteiger partial charge in [-0.1, -0.05) is 53.7 Å². The summed E-state index contributed by atoms with van der Waals surface area (Å²) in [6, 6.07) is 18.5. The third-order valence-corrected chi connectivity index (χ3v) is 5.43. The van der Waals surface area contributed by atoms with E-state index in [0.717, 1.165) is 31.1 Å². The lowest BCUT2D eigenvalue weighted by Crippen LogP contribution is -2.23. The molecule has 4 nitrogen and oxygen atoms in total. The van der Waals surface area contributed by atoms with Gasteiger partial charge in [0.2, 0.25) is 5.82 Å². The summed E-state index contributed by atoms with van der Waals surface area (Å²) in [7, 11) is 0. The second-order valence-electron chi connectivity index (χ2n) is 7.46. The van der Waals surface area contributed by atoms with E-state index >= 15 is 0 Å². The van der Waals surface area contributed by atoms with Crippen molar-refractivity contribution in [2.75, 3.05) is 6.54 Å². The standard InChI is InChI=1S/C24H18F3N3O/c25-24(26,27)21-13-18(8-9-20(21)15-4-2-1-3-5-15)23-29-22(30-31-23)17-6-7-19-14-28-11-10-16(19)12-17/h1-9,12-13,28H,10-11,14H2. The summed E-state index contributed by atoms with van der Waals surface area (Å²) in [5.74, 6) is 0.413. The van der Waals surface area contributed by atoms with Crippen LogP contribution in [-0.4, -0.2) is 16.7 Å². The molecule has 31 heavy (non-hydrogen) atoms. The van der Waals surface area contributed by atoms with Crippen molar-refractivity contribution in [3.63, 3.8) is 0 Å². The molecule has 1 N–H and O–H groups in total. The van der Waals surface area contributed by atoms with Gasteiger partial charge in [0.25, 0.3) is 5.89 Å². The van der Waals surface area contributed by atoms with Crippen LogP contribution < -0.4 is 5.32 Å². The van der Waals surface area contributed by atoms with Crippen LogP contribution in [0.25, 0.3) is 34.0 Å². The zero-order valence-electron chi connectivity index (χ0n) is 16.4. The quantitative estimate of drug-likeness (QED) is 0.459. The summed E-state index contributed by atoms with van der Waals surface area (Å²) in [4.78, 5) is 4.36. The Bertz CT molecular complexity index is 1230. The molecule has 0 aliphatic carbocycles. The van der Waals surface area contributed by atoms with Crippen molar-refractivity contribution in [1.82, 2.24) is 15.5 Å². The van der Waals surface area contributed by atoms with Gasteiger partial charge < -0.3 is 9.84 Å². The Labute approximate surface area is 176 Å². The molecule has 0 saturated carbocycles. The summed E-state index contributed by atoms with van der Waals surface area (Å²) in [5, 5.41) is 7.32. The van der Waals surface area contributed by atoms with Gasteiger partial charge in [-0.3, -0.25) is 0 Å². The van der Waals surface area contributed by atoms with E-state index in [0.29, 0.717) is 11.4 Å². The van der Waals surface area contributed by atoms with Crippen molar-refractivity contribution in [1.29, 1.82) is 0 Å². The number of nitrogens with zero attached hydrogens (tertiary/aromatic N) is 2. The van der Waals surface area contributed by atoms with Crippen LogP contribution in [0, 0.1) is 0 Å². The molecule has 2 heterocycles. The molecule has 0 radical (unpaired) electrons. The van der Waals surface area contributed by atoms with E-state index in [1.54, 1.807) is 36.4 Å². The number of halogens is 3. The molecule has 0 fully saturated rings. The molecular weight excluding hydrogens is 403 g/mol. The van der Waals surface area contributed by atoms with E-state index in [4.69, 9.17) is 4.52 Å². The summed E-state index contributed by atoms with van der Waals surface area (Å²) >= 11 is 0. The highest BCUT2D eigenvalue weighted by molar-refractivity contribution is 5.72. The third kappa shape index (κ3) is 3.84. The molecule has 4 aromatic rings. The maximum Gasteiger partial charge on any atom is 0.417 e. The molecule has 7 heteroatoms. The molecular formula is C24H18F3N3O. The number of alkyl halides is 3. The highest BCUT2D eigenvalue weighted by Gasteiger charge is 2.34. The van der Waals surface area contributed by atoms with E-state index in [9.17, 15) is 13.2 Å². The third-order valence-electron chi connectivity index (χ3n) is 5.43. The highest BCUT2D eigenvalue weighted by atomic mass is 19.4. The molecule has 0 atom stereocenters. The first-order chi connectivity index (χ1) is 15.0. The second kappa shape index (κ2) is 7.67. The van der Waals surface area contributed by atoms with Crippen LogP contribution in [0.4, 0.5) is 13.2 Å². The largest absolute Gasteiger partial charge is 0.417 e. The minimum atomic E-state index is -4.52. The van der Waals surface area contributed by atoms with Crippen molar-refractivity contribution in [2.24, 2.45) is 0 Å². The van der Waals surface area contributed by atoms with Crippen LogP contribution in [0.3, 0.4) is 0 Å². The van der Waals surface area contributed by atoms with Gasteiger partial charge in [-0.2, -0.15) is 18.2 Å². The van der Waals surface area contributed by atoms with Gasteiger partial charge in [0.15, 0.2) is 0 Å². The van der Waals surface area contributed by atoms with Crippen molar-refractivity contribution in [3.05, 3.63) is 83.4 Å². The molecule has 156 valence electrons. The number of nitrogens with one attached hydrogen (secondary N) is 1. The van der Waals surface area contributed by atoms with Gasteiger partial charge in [-0.25, -0.2) is 0 Å². The van der Waals surface area contributed by atoms with E-state index in [-0.39, 0.29) is 17.0 Å². The average Bonchev–Trinajstić information content (AvgIpc) is 3.29. The molecule has 0 saturated heterocycles. The molecule has 1 aliphatic rings. The van der Waals surface area contributed by atoms with E-state index in [1.165, 1.54) is 17.2 Å². The fourth-order valence-electron chi connectivity index (χ4n) is 3.86. The van der Waals surface area contributed by atoms with E-state index in [2.05, 4.69) is 15.5 Å². The Hall–Kier alpha value is -3.45. The van der Waals surface area contributed by atoms with Crippen molar-refractivity contribution in [2.45, 2.75) is 19.1 Å². The van der Waals surface area contributed by atoms with Gasteiger partial charge in [0.1, 0.15) is 0 Å². The Kier molecular flexibility index (Phi) is 4.82. The van der Waals surface area contributed by atoms with Gasteiger partial charge in [0, 0.05) is 17.7 Å². The van der Waals surface area contributed by atoms with E-state index in [1.807, 2.05) is 18.2 Å². The number of hydrogen-bond acceptors (Lipinski definition) is 4. The molecule has 3 aromatic carbocycles. The lowest BCUT2D eigenvalue weighted by molar-refractivity contribution is -0.137. The highest BCUT2D eigenvalue weighted by Crippen LogP contribution is 2.39. The second-order valence-corrected chi connectivity index (χ2v) is 7.46. The van der Waals surface area contributed by atoms with Gasteiger partial charge >= 0.3 is 6.18 Å². The molecule has 0 spiro atoms. The van der Waals surface area contributed by atoms with Crippen LogP contribution in [0.1, 0.15) is 16.7 Å². The van der Waals surface area contributed by atoms with Crippen LogP contribution in [0.2, 0.25) is 0 Å². The molecule has 0 bridgehead atoms. The SMILES string of the molecule is FC(F)(F)c1cc(-c2nc(-c3ccc4c(c3)CCNC4)no2)ccc1-c1ccccc1. The van der Waals surface area contributed by atoms with Gasteiger partial charge in [-0.05, 0) is 53.4 Å². The minimum Gasteiger partial charge on any atom is -0.334 e. The predicted octanol–water partition coefficient (Wildman–Crippen LogP) is 5.74. The monoisotopic (exact) mass is 421 g/mol. The average molecular weight is 421 g/mol. The summed E-state index contributed by atoms with van der Waals surface area (Å²) in [6.07, 6.45) is -3.61. The number of hydrogen-bond donors (Lipinski definition) is 1. The summed E-state index contributed by atoms with van der Waals surface area (Å²) in [6.45, 7) is 1.73. The van der Waals surface area contributed by atoms with Crippen molar-refractivity contribution in [3.8, 4) is 34.0 Å². The fourth-order valence-corrected chi connectivity index (χ4v) is 3.86. The normalized spacial score (nSPS) is 13.8. The molecule has 0 unspecified atom stereocenters. The van der Waals surface area contributed by atoms with Crippen LogP contribution in [0.5, 0.6) is 0 Å². The number of benzene rings is 3. The first kappa shape index (κ1) is 19.5. The fraction of sp³-hybridized carbons (Fsp3) is 0.167. The maximum absolute atomic E-state index is 13.8. The number of aromatic nitrogens is 2. The first-order valence-corrected chi connectivity index (χ1v) is 9.93. The minimum absolute atomic E-state index is 0.0551. The maximum atomic E-state index is 13.8. The van der Waals surface area contributed by atoms with Crippen molar-refractivity contribution < 1.29 is 17.7 Å². The first-order valence-electron chi connectivity index (χ1n) is 9.93. The zero-order valence-corrected chi connectivity index (χ0v) is 16.4. The van der Waals surface area contributed by atoms with Crippen molar-refractivity contribution >= 4 is 0 Å². The molecule has 0 amide bonds. The summed E-state index contributed by atoms with van der Waals surface area (Å²) in [5.41, 5.74) is 3.33. The Morgan fingerprint density at radius 1 is 0.839 bits per heavy atom. The lowest BCUT2D eigenvalue weighted by atomic mass is 9.97. The lowest BCUT2D eigenvalue weighted by Gasteiger charge is -2.17. The van der Waals surface area contributed by atoms with E-state index < -0.39 is 11.7 Å². The summed E-state index contributed by atoms with van der Waals surface area (Å²) < 4.78 is 46.7. The van der Waals surface area contributed by atoms with Crippen LogP contribution >= 0.6 is 0 Å². The Balaban J connectivity index is 1.52. The zero-order chi connectivity index (χ0) is 21.4. The Morgan fingerprint density at radius 2 is 1.65 bits per heavy atom. The molecule has 5 rings (SSSR count). The van der Waals surface area contributed by atoms with Crippen LogP contribution in [-0.2, 0) is 19.1 Å². The Morgan fingerprint density at radius 3 is 2.45 bits per heavy atom. The van der Waals surface area contributed by atoms with Crippen LogP contribution in [0.15, 0.2) is 71.3 Å².